The second kappa shape index (κ2) is 15.3. The Morgan fingerprint density at radius 2 is 1.49 bits per heavy atom. The van der Waals surface area contributed by atoms with Gasteiger partial charge >= 0.3 is 6.18 Å². The van der Waals surface area contributed by atoms with E-state index in [1.54, 1.807) is 36.1 Å². The molecule has 2 saturated heterocycles. The van der Waals surface area contributed by atoms with E-state index < -0.39 is 35.4 Å². The van der Waals surface area contributed by atoms with Gasteiger partial charge in [0.1, 0.15) is 17.3 Å². The molecule has 1 aromatic heterocycles. The molecule has 0 aliphatic carbocycles. The number of alkyl halides is 3. The smallest absolute Gasteiger partial charge is 0.416 e. The SMILES string of the molecule is CCOc1cc(C(F)(F)F)ccc1C1(C(=O)N2CCN(CC(=O)NCc3ccc(C)o3)CC2)NC(c2ccc(Cl)cc2)C(c2ccc(Cl)cc2)N1. The predicted molar refractivity (Wildman–Crippen MR) is 187 cm³/mol. The molecular formula is C37H38Cl2F3N5O4. The fourth-order valence-electron chi connectivity index (χ4n) is 6.62. The molecule has 0 bridgehead atoms. The Balaban J connectivity index is 1.32. The third-order valence-corrected chi connectivity index (χ3v) is 9.66. The molecule has 3 aromatic carbocycles. The average molecular weight is 745 g/mol. The Hall–Kier alpha value is -4.07. The molecule has 0 radical (unpaired) electrons. The minimum Gasteiger partial charge on any atom is -0.493 e. The summed E-state index contributed by atoms with van der Waals surface area (Å²) in [5, 5.41) is 11.0. The van der Waals surface area contributed by atoms with Gasteiger partial charge < -0.3 is 19.4 Å². The first-order valence-corrected chi connectivity index (χ1v) is 17.4. The number of ether oxygens (including phenoxy) is 1. The van der Waals surface area contributed by atoms with Crippen LogP contribution >= 0.6 is 23.2 Å². The predicted octanol–water partition coefficient (Wildman–Crippen LogP) is 6.60. The number of piperazine rings is 1. The molecule has 6 rings (SSSR count). The van der Waals surface area contributed by atoms with Crippen LogP contribution in [0.25, 0.3) is 0 Å². The molecule has 14 heteroatoms. The Morgan fingerprint density at radius 1 is 0.902 bits per heavy atom. The number of nitrogens with zero attached hydrogens (tertiary/aromatic N) is 2. The Bertz CT molecular complexity index is 1790. The number of carbonyl (C=O) groups is 2. The van der Waals surface area contributed by atoms with Crippen molar-refractivity contribution in [3.63, 3.8) is 0 Å². The van der Waals surface area contributed by atoms with Gasteiger partial charge in [-0.2, -0.15) is 13.2 Å². The standard InChI is InChI=1S/C37H38Cl2F3N5O4/c1-3-50-31-20-26(37(40,41)42)9-15-30(31)36(35(49)47-18-16-46(17-19-47)22-32(48)43-21-29-14-4-23(2)51-29)44-33(24-5-10-27(38)11-6-24)34(45-36)25-7-12-28(39)13-8-25/h4-15,20,33-34,44-45H,3,16-19,21-22H2,1-2H3,(H,43,48). The van der Waals surface area contributed by atoms with E-state index in [1.807, 2.05) is 48.2 Å². The number of carbonyl (C=O) groups excluding carboxylic acids is 2. The van der Waals surface area contributed by atoms with Crippen molar-refractivity contribution >= 4 is 35.0 Å². The van der Waals surface area contributed by atoms with Crippen molar-refractivity contribution in [3.05, 3.63) is 123 Å². The number of nitrogens with one attached hydrogen (secondary N) is 3. The fourth-order valence-corrected chi connectivity index (χ4v) is 6.87. The number of hydrogen-bond acceptors (Lipinski definition) is 7. The largest absolute Gasteiger partial charge is 0.493 e. The van der Waals surface area contributed by atoms with Gasteiger partial charge in [0.05, 0.1) is 37.3 Å². The molecule has 4 aromatic rings. The van der Waals surface area contributed by atoms with Crippen molar-refractivity contribution in [2.45, 2.75) is 44.3 Å². The summed E-state index contributed by atoms with van der Waals surface area (Å²) in [6.45, 7) is 5.33. The van der Waals surface area contributed by atoms with Gasteiger partial charge in [0.25, 0.3) is 5.91 Å². The molecule has 2 aliphatic heterocycles. The van der Waals surface area contributed by atoms with Gasteiger partial charge in [0.15, 0.2) is 5.66 Å². The lowest BCUT2D eigenvalue weighted by Gasteiger charge is -2.40. The van der Waals surface area contributed by atoms with Gasteiger partial charge in [0, 0.05) is 41.8 Å². The van der Waals surface area contributed by atoms with Crippen LogP contribution in [-0.2, 0) is 28.0 Å². The van der Waals surface area contributed by atoms with E-state index in [1.165, 1.54) is 6.07 Å². The molecule has 2 atom stereocenters. The van der Waals surface area contributed by atoms with Crippen LogP contribution < -0.4 is 20.7 Å². The average Bonchev–Trinajstić information content (AvgIpc) is 3.72. The molecule has 270 valence electrons. The Labute approximate surface area is 304 Å². The van der Waals surface area contributed by atoms with Crippen LogP contribution in [0.1, 0.15) is 52.8 Å². The number of halogens is 5. The minimum atomic E-state index is -4.63. The summed E-state index contributed by atoms with van der Waals surface area (Å²) < 4.78 is 53.2. The number of hydrogen-bond donors (Lipinski definition) is 3. The summed E-state index contributed by atoms with van der Waals surface area (Å²) in [7, 11) is 0. The van der Waals surface area contributed by atoms with E-state index in [0.717, 1.165) is 29.0 Å². The molecule has 2 unspecified atom stereocenters. The van der Waals surface area contributed by atoms with Gasteiger partial charge in [-0.25, -0.2) is 0 Å². The van der Waals surface area contributed by atoms with E-state index in [2.05, 4.69) is 16.0 Å². The van der Waals surface area contributed by atoms with Crippen molar-refractivity contribution < 1.29 is 31.9 Å². The monoisotopic (exact) mass is 743 g/mol. The number of benzene rings is 3. The van der Waals surface area contributed by atoms with Gasteiger partial charge in [-0.3, -0.25) is 25.1 Å². The van der Waals surface area contributed by atoms with Crippen LogP contribution in [0.4, 0.5) is 13.2 Å². The number of amides is 2. The van der Waals surface area contributed by atoms with Crippen LogP contribution in [0.2, 0.25) is 10.0 Å². The van der Waals surface area contributed by atoms with Crippen LogP contribution in [-0.4, -0.2) is 60.9 Å². The first-order valence-electron chi connectivity index (χ1n) is 16.6. The lowest BCUT2D eigenvalue weighted by molar-refractivity contribution is -0.141. The fraction of sp³-hybridized carbons (Fsp3) is 0.351. The van der Waals surface area contributed by atoms with Gasteiger partial charge in [-0.05, 0) is 73.5 Å². The molecule has 2 fully saturated rings. The second-order valence-electron chi connectivity index (χ2n) is 12.6. The summed E-state index contributed by atoms with van der Waals surface area (Å²) in [4.78, 5) is 31.3. The highest BCUT2D eigenvalue weighted by Crippen LogP contribution is 2.46. The zero-order valence-corrected chi connectivity index (χ0v) is 29.5. The van der Waals surface area contributed by atoms with Crippen molar-refractivity contribution in [1.29, 1.82) is 0 Å². The number of rotatable bonds is 10. The van der Waals surface area contributed by atoms with Gasteiger partial charge in [-0.1, -0.05) is 53.5 Å². The van der Waals surface area contributed by atoms with Crippen LogP contribution in [0, 0.1) is 6.92 Å². The highest BCUT2D eigenvalue weighted by molar-refractivity contribution is 6.30. The molecule has 9 nitrogen and oxygen atoms in total. The van der Waals surface area contributed by atoms with Crippen molar-refractivity contribution in [1.82, 2.24) is 25.8 Å². The van der Waals surface area contributed by atoms with Gasteiger partial charge in [0.2, 0.25) is 5.91 Å². The van der Waals surface area contributed by atoms with E-state index in [4.69, 9.17) is 32.4 Å². The third-order valence-electron chi connectivity index (χ3n) is 9.15. The normalized spacial score (nSPS) is 21.1. The summed E-state index contributed by atoms with van der Waals surface area (Å²) >= 11 is 12.5. The highest BCUT2D eigenvalue weighted by atomic mass is 35.5. The molecular weight excluding hydrogens is 706 g/mol. The highest BCUT2D eigenvalue weighted by Gasteiger charge is 2.55. The Morgan fingerprint density at radius 3 is 2.00 bits per heavy atom. The van der Waals surface area contributed by atoms with E-state index >= 15 is 0 Å². The summed E-state index contributed by atoms with van der Waals surface area (Å²) in [5.41, 5.74) is -0.802. The van der Waals surface area contributed by atoms with E-state index in [0.29, 0.717) is 28.9 Å². The maximum Gasteiger partial charge on any atom is 0.416 e. The Kier molecular flexibility index (Phi) is 11.0. The number of aryl methyl sites for hydroxylation is 1. The van der Waals surface area contributed by atoms with Crippen LogP contribution in [0.3, 0.4) is 0 Å². The maximum atomic E-state index is 15.0. The quantitative estimate of drug-likeness (QED) is 0.168. The third kappa shape index (κ3) is 8.21. The van der Waals surface area contributed by atoms with E-state index in [9.17, 15) is 22.8 Å². The second-order valence-corrected chi connectivity index (χ2v) is 13.5. The first-order chi connectivity index (χ1) is 24.4. The zero-order chi connectivity index (χ0) is 36.3. The maximum absolute atomic E-state index is 15.0. The van der Waals surface area contributed by atoms with E-state index in [-0.39, 0.29) is 50.0 Å². The molecule has 0 spiro atoms. The topological polar surface area (TPSA) is 99.1 Å². The van der Waals surface area contributed by atoms with Crippen LogP contribution in [0.5, 0.6) is 5.75 Å². The molecule has 2 amide bonds. The lowest BCUT2D eigenvalue weighted by Crippen LogP contribution is -2.62. The first kappa shape index (κ1) is 36.7. The van der Waals surface area contributed by atoms with Crippen LogP contribution in [0.15, 0.2) is 83.3 Å². The lowest BCUT2D eigenvalue weighted by atomic mass is 9.94. The molecule has 3 heterocycles. The molecule has 51 heavy (non-hydrogen) atoms. The van der Waals surface area contributed by atoms with Gasteiger partial charge in [-0.15, -0.1) is 0 Å². The zero-order valence-electron chi connectivity index (χ0n) is 28.0. The van der Waals surface area contributed by atoms with Crippen molar-refractivity contribution in [3.8, 4) is 5.75 Å². The summed E-state index contributed by atoms with van der Waals surface area (Å²) in [6.07, 6.45) is -4.63. The molecule has 0 saturated carbocycles. The van der Waals surface area contributed by atoms with Crippen molar-refractivity contribution in [2.75, 3.05) is 39.3 Å². The summed E-state index contributed by atoms with van der Waals surface area (Å²) in [5.74, 6) is 0.766. The van der Waals surface area contributed by atoms with Crippen molar-refractivity contribution in [2.24, 2.45) is 0 Å². The molecule has 2 aliphatic rings. The summed E-state index contributed by atoms with van der Waals surface area (Å²) in [6, 6.07) is 20.1. The minimum absolute atomic E-state index is 0.0695. The number of furan rings is 1. The molecule has 3 N–H and O–H groups in total.